The van der Waals surface area contributed by atoms with Gasteiger partial charge in [-0.1, -0.05) is 12.1 Å². The Kier molecular flexibility index (Phi) is 8.38. The Morgan fingerprint density at radius 3 is 2.68 bits per heavy atom. The Labute approximate surface area is 135 Å². The highest BCUT2D eigenvalue weighted by Crippen LogP contribution is 2.60. The number of benzene rings is 1. The van der Waals surface area contributed by atoms with E-state index < -0.39 is 6.80 Å². The van der Waals surface area contributed by atoms with Crippen molar-refractivity contribution in [1.29, 1.82) is 0 Å². The molecule has 0 aliphatic heterocycles. The third kappa shape index (κ3) is 5.91. The lowest BCUT2D eigenvalue weighted by Crippen LogP contribution is -1.99. The van der Waals surface area contributed by atoms with E-state index in [1.165, 1.54) is 24.7 Å². The van der Waals surface area contributed by atoms with Gasteiger partial charge in [-0.15, -0.1) is 0 Å². The van der Waals surface area contributed by atoms with Gasteiger partial charge >= 0.3 is 6.80 Å². The van der Waals surface area contributed by atoms with Crippen molar-refractivity contribution in [3.05, 3.63) is 23.8 Å². The van der Waals surface area contributed by atoms with Gasteiger partial charge in [0.1, 0.15) is 18.6 Å². The first-order chi connectivity index (χ1) is 10.6. The maximum atomic E-state index is 12.7. The standard InChI is InChI=1S/C14H22NO5PS/c1-5-9-22-21(16,19-6-2)20-14-8-7-13(17-3)10-12(14)11-15-18-4/h7-8,10-11H,5-6,9H2,1-4H3. The summed E-state index contributed by atoms with van der Waals surface area (Å²) in [6, 6.07) is 5.12. The zero-order chi connectivity index (χ0) is 16.4. The normalized spacial score (nSPS) is 13.8. The van der Waals surface area contributed by atoms with Crippen LogP contribution in [0, 0.1) is 0 Å². The molecule has 1 aromatic rings. The first-order valence-corrected chi connectivity index (χ1v) is 10.0. The molecule has 124 valence electrons. The van der Waals surface area contributed by atoms with E-state index in [1.807, 2.05) is 6.92 Å². The van der Waals surface area contributed by atoms with E-state index in [1.54, 1.807) is 32.2 Å². The first-order valence-electron chi connectivity index (χ1n) is 6.91. The Morgan fingerprint density at radius 1 is 1.32 bits per heavy atom. The Balaban J connectivity index is 3.06. The van der Waals surface area contributed by atoms with Gasteiger partial charge in [-0.25, -0.2) is 4.57 Å². The van der Waals surface area contributed by atoms with E-state index in [0.717, 1.165) is 6.42 Å². The smallest absolute Gasteiger partial charge is 0.440 e. The fourth-order valence-corrected chi connectivity index (χ4v) is 4.99. The van der Waals surface area contributed by atoms with Gasteiger partial charge in [-0.3, -0.25) is 4.52 Å². The molecule has 22 heavy (non-hydrogen) atoms. The summed E-state index contributed by atoms with van der Waals surface area (Å²) in [5.41, 5.74) is 0.596. The van der Waals surface area contributed by atoms with Gasteiger partial charge in [0.25, 0.3) is 0 Å². The molecule has 1 rings (SSSR count). The van der Waals surface area contributed by atoms with Crippen LogP contribution in [0.25, 0.3) is 0 Å². The molecule has 0 fully saturated rings. The van der Waals surface area contributed by atoms with E-state index in [2.05, 4.69) is 9.99 Å². The molecule has 1 aromatic carbocycles. The van der Waals surface area contributed by atoms with Crippen LogP contribution in [-0.4, -0.2) is 32.8 Å². The minimum atomic E-state index is -3.27. The molecule has 0 aliphatic rings. The lowest BCUT2D eigenvalue weighted by molar-refractivity contribution is 0.215. The van der Waals surface area contributed by atoms with Crippen LogP contribution in [0.4, 0.5) is 0 Å². The molecule has 6 nitrogen and oxygen atoms in total. The number of oxime groups is 1. The highest BCUT2D eigenvalue weighted by atomic mass is 32.7. The first kappa shape index (κ1) is 18.9. The van der Waals surface area contributed by atoms with Gasteiger partial charge in [-0.05, 0) is 42.9 Å². The van der Waals surface area contributed by atoms with E-state index in [9.17, 15) is 4.57 Å². The van der Waals surface area contributed by atoms with Crippen molar-refractivity contribution < 1.29 is 23.2 Å². The minimum absolute atomic E-state index is 0.311. The molecular weight excluding hydrogens is 325 g/mol. The molecule has 0 N–H and O–H groups in total. The SMILES string of the molecule is CCCSP(=O)(OCC)Oc1ccc(OC)cc1C=NOC. The van der Waals surface area contributed by atoms with E-state index in [0.29, 0.717) is 29.4 Å². The summed E-state index contributed by atoms with van der Waals surface area (Å²) < 4.78 is 28.9. The molecule has 0 saturated carbocycles. The summed E-state index contributed by atoms with van der Waals surface area (Å²) in [5, 5.41) is 3.72. The fourth-order valence-electron chi connectivity index (χ4n) is 1.52. The van der Waals surface area contributed by atoms with Gasteiger partial charge in [0.2, 0.25) is 0 Å². The second-order valence-corrected chi connectivity index (χ2v) is 8.23. The molecule has 0 aromatic heterocycles. The predicted molar refractivity (Wildman–Crippen MR) is 90.2 cm³/mol. The Hall–Kier alpha value is -1.17. The summed E-state index contributed by atoms with van der Waals surface area (Å²) in [4.78, 5) is 4.68. The maximum absolute atomic E-state index is 12.7. The molecule has 0 spiro atoms. The molecule has 1 atom stereocenters. The molecule has 0 radical (unpaired) electrons. The number of hydrogen-bond acceptors (Lipinski definition) is 7. The van der Waals surface area contributed by atoms with Crippen LogP contribution >= 0.6 is 18.2 Å². The van der Waals surface area contributed by atoms with Crippen molar-refractivity contribution in [2.45, 2.75) is 20.3 Å². The van der Waals surface area contributed by atoms with Crippen molar-refractivity contribution in [3.8, 4) is 11.5 Å². The molecule has 1 unspecified atom stereocenters. The number of rotatable bonds is 10. The highest BCUT2D eigenvalue weighted by Gasteiger charge is 2.27. The van der Waals surface area contributed by atoms with E-state index >= 15 is 0 Å². The fraction of sp³-hybridized carbons (Fsp3) is 0.500. The average Bonchev–Trinajstić information content (AvgIpc) is 2.52. The van der Waals surface area contributed by atoms with E-state index in [-0.39, 0.29) is 0 Å². The van der Waals surface area contributed by atoms with Gasteiger partial charge < -0.3 is 14.1 Å². The van der Waals surface area contributed by atoms with Crippen LogP contribution in [0.5, 0.6) is 11.5 Å². The molecule has 0 aliphatic carbocycles. The Morgan fingerprint density at radius 2 is 2.09 bits per heavy atom. The summed E-state index contributed by atoms with van der Waals surface area (Å²) >= 11 is 1.19. The summed E-state index contributed by atoms with van der Waals surface area (Å²) in [6.45, 7) is 0.833. The predicted octanol–water partition coefficient (Wildman–Crippen LogP) is 4.34. The number of hydrogen-bond donors (Lipinski definition) is 0. The second-order valence-electron chi connectivity index (χ2n) is 4.11. The summed E-state index contributed by atoms with van der Waals surface area (Å²) in [7, 11) is 3.01. The van der Waals surface area contributed by atoms with Gasteiger partial charge in [0.15, 0.2) is 0 Å². The lowest BCUT2D eigenvalue weighted by Gasteiger charge is -2.18. The topological polar surface area (TPSA) is 66.4 Å². The molecule has 0 amide bonds. The van der Waals surface area contributed by atoms with E-state index in [4.69, 9.17) is 13.8 Å². The molecule has 0 heterocycles. The van der Waals surface area contributed by atoms with Crippen LogP contribution in [-0.2, 0) is 13.9 Å². The zero-order valence-corrected chi connectivity index (χ0v) is 15.0. The van der Waals surface area contributed by atoms with Gasteiger partial charge in [0, 0.05) is 11.3 Å². The van der Waals surface area contributed by atoms with Crippen LogP contribution in [0.3, 0.4) is 0 Å². The van der Waals surface area contributed by atoms with Crippen molar-refractivity contribution in [3.63, 3.8) is 0 Å². The Bertz CT molecular complexity index is 538. The van der Waals surface area contributed by atoms with Crippen LogP contribution in [0.15, 0.2) is 23.4 Å². The summed E-state index contributed by atoms with van der Waals surface area (Å²) in [5.74, 6) is 1.73. The average molecular weight is 347 g/mol. The van der Waals surface area contributed by atoms with Gasteiger partial charge in [0.05, 0.1) is 19.9 Å². The highest BCUT2D eigenvalue weighted by molar-refractivity contribution is 8.55. The van der Waals surface area contributed by atoms with Crippen molar-refractivity contribution in [1.82, 2.24) is 0 Å². The molecule has 0 bridgehead atoms. The quantitative estimate of drug-likeness (QED) is 0.356. The second kappa shape index (κ2) is 9.77. The number of ether oxygens (including phenoxy) is 1. The van der Waals surface area contributed by atoms with Gasteiger partial charge in [-0.2, -0.15) is 0 Å². The maximum Gasteiger partial charge on any atom is 0.440 e. The van der Waals surface area contributed by atoms with Crippen LogP contribution in [0.2, 0.25) is 0 Å². The number of methoxy groups -OCH3 is 1. The van der Waals surface area contributed by atoms with Crippen LogP contribution in [0.1, 0.15) is 25.8 Å². The van der Waals surface area contributed by atoms with Crippen LogP contribution < -0.4 is 9.26 Å². The number of nitrogens with zero attached hydrogens (tertiary/aromatic N) is 1. The molecular formula is C14H22NO5PS. The third-order valence-corrected chi connectivity index (χ3v) is 6.40. The molecule has 0 saturated heterocycles. The minimum Gasteiger partial charge on any atom is -0.497 e. The lowest BCUT2D eigenvalue weighted by atomic mass is 10.2. The molecule has 8 heteroatoms. The monoisotopic (exact) mass is 347 g/mol. The summed E-state index contributed by atoms with van der Waals surface area (Å²) in [6.07, 6.45) is 2.35. The largest absolute Gasteiger partial charge is 0.497 e. The van der Waals surface area contributed by atoms with Crippen molar-refractivity contribution in [2.24, 2.45) is 5.16 Å². The third-order valence-electron chi connectivity index (χ3n) is 2.47. The van der Waals surface area contributed by atoms with Crippen molar-refractivity contribution in [2.75, 3.05) is 26.6 Å². The van der Waals surface area contributed by atoms with Crippen molar-refractivity contribution >= 4 is 24.4 Å². The zero-order valence-electron chi connectivity index (χ0n) is 13.3.